The Labute approximate surface area is 130 Å². The highest BCUT2D eigenvalue weighted by Crippen LogP contribution is 2.24. The summed E-state index contributed by atoms with van der Waals surface area (Å²) in [5.41, 5.74) is 0.624. The highest BCUT2D eigenvalue weighted by molar-refractivity contribution is 7.94. The van der Waals surface area contributed by atoms with E-state index in [9.17, 15) is 18.0 Å². The summed E-state index contributed by atoms with van der Waals surface area (Å²) in [4.78, 5) is 21.8. The number of carbonyl (C=O) groups excluding carboxylic acids is 1. The van der Waals surface area contributed by atoms with Gasteiger partial charge >= 0.3 is 5.97 Å². The van der Waals surface area contributed by atoms with Gasteiger partial charge in [0.2, 0.25) is 5.91 Å². The Bertz CT molecular complexity index is 826. The molecule has 0 unspecified atom stereocenters. The lowest BCUT2D eigenvalue weighted by atomic mass is 10.3. The first-order valence-corrected chi connectivity index (χ1v) is 8.36. The molecule has 0 radical (unpaired) electrons. The number of carbonyl (C=O) groups is 2. The van der Waals surface area contributed by atoms with Crippen molar-refractivity contribution in [3.63, 3.8) is 0 Å². The van der Waals surface area contributed by atoms with Gasteiger partial charge in [-0.3, -0.25) is 9.52 Å². The fraction of sp³-hybridized carbons (Fsp3) is 0.0769. The first-order chi connectivity index (χ1) is 10.3. The molecule has 0 aliphatic heterocycles. The van der Waals surface area contributed by atoms with Crippen LogP contribution >= 0.6 is 11.3 Å². The lowest BCUT2D eigenvalue weighted by Gasteiger charge is -2.08. The molecule has 1 heterocycles. The Balaban J connectivity index is 2.24. The van der Waals surface area contributed by atoms with Crippen LogP contribution in [-0.4, -0.2) is 25.4 Å². The number of aromatic carboxylic acids is 1. The second-order valence-corrected chi connectivity index (χ2v) is 7.15. The summed E-state index contributed by atoms with van der Waals surface area (Å²) in [6.45, 7) is 1.34. The number of benzene rings is 1. The van der Waals surface area contributed by atoms with Crippen LogP contribution in [0, 0.1) is 0 Å². The zero-order valence-corrected chi connectivity index (χ0v) is 13.0. The minimum absolute atomic E-state index is 0.0858. The van der Waals surface area contributed by atoms with Gasteiger partial charge in [-0.2, -0.15) is 0 Å². The van der Waals surface area contributed by atoms with Crippen molar-refractivity contribution < 1.29 is 23.1 Å². The number of thiophene rings is 1. The highest BCUT2D eigenvalue weighted by Gasteiger charge is 2.19. The van der Waals surface area contributed by atoms with Gasteiger partial charge in [-0.25, -0.2) is 13.2 Å². The van der Waals surface area contributed by atoms with Crippen LogP contribution in [0.1, 0.15) is 17.3 Å². The van der Waals surface area contributed by atoms with Crippen molar-refractivity contribution in [2.75, 3.05) is 10.0 Å². The minimum atomic E-state index is -3.88. The van der Waals surface area contributed by atoms with Crippen LogP contribution in [0.4, 0.5) is 11.4 Å². The van der Waals surface area contributed by atoms with Gasteiger partial charge < -0.3 is 10.4 Å². The molecule has 0 atom stereocenters. The average molecular weight is 340 g/mol. The first-order valence-electron chi connectivity index (χ1n) is 6.00. The molecule has 7 nitrogen and oxygen atoms in total. The number of hydrogen-bond acceptors (Lipinski definition) is 5. The fourth-order valence-corrected chi connectivity index (χ4v) is 3.84. The fourth-order valence-electron chi connectivity index (χ4n) is 1.64. The van der Waals surface area contributed by atoms with Gasteiger partial charge in [0.05, 0.1) is 11.3 Å². The maximum atomic E-state index is 12.2. The van der Waals surface area contributed by atoms with E-state index >= 15 is 0 Å². The van der Waals surface area contributed by atoms with Crippen molar-refractivity contribution in [2.24, 2.45) is 0 Å². The summed E-state index contributed by atoms with van der Waals surface area (Å²) in [5.74, 6) is -1.46. The Kier molecular flexibility index (Phi) is 4.48. The molecule has 2 aromatic rings. The highest BCUT2D eigenvalue weighted by atomic mass is 32.2. The maximum Gasteiger partial charge on any atom is 0.336 e. The summed E-state index contributed by atoms with van der Waals surface area (Å²) in [6.07, 6.45) is 0. The molecule has 0 aliphatic rings. The normalized spacial score (nSPS) is 11.0. The third-order valence-electron chi connectivity index (χ3n) is 2.52. The minimum Gasteiger partial charge on any atom is -0.478 e. The number of sulfonamides is 1. The second-order valence-electron chi connectivity index (χ2n) is 4.33. The van der Waals surface area contributed by atoms with Gasteiger partial charge in [-0.15, -0.1) is 11.3 Å². The van der Waals surface area contributed by atoms with Crippen molar-refractivity contribution in [1.29, 1.82) is 0 Å². The van der Waals surface area contributed by atoms with Gasteiger partial charge in [-0.1, -0.05) is 6.07 Å². The lowest BCUT2D eigenvalue weighted by Crippen LogP contribution is -2.12. The van der Waals surface area contributed by atoms with Crippen LogP contribution in [0.5, 0.6) is 0 Å². The number of rotatable bonds is 5. The maximum absolute atomic E-state index is 12.2. The molecule has 116 valence electrons. The molecule has 22 heavy (non-hydrogen) atoms. The van der Waals surface area contributed by atoms with E-state index in [2.05, 4.69) is 10.0 Å². The summed E-state index contributed by atoms with van der Waals surface area (Å²) in [7, 11) is -3.88. The second kappa shape index (κ2) is 6.16. The smallest absolute Gasteiger partial charge is 0.336 e. The molecular weight excluding hydrogens is 328 g/mol. The van der Waals surface area contributed by atoms with Crippen molar-refractivity contribution >= 4 is 44.6 Å². The van der Waals surface area contributed by atoms with Crippen molar-refractivity contribution in [3.8, 4) is 0 Å². The Morgan fingerprint density at radius 2 is 1.86 bits per heavy atom. The zero-order chi connectivity index (χ0) is 16.3. The SMILES string of the molecule is CC(=O)Nc1cccc(NS(=O)(=O)c2cc(C(=O)O)cs2)c1. The Hall–Kier alpha value is -2.39. The van der Waals surface area contributed by atoms with E-state index in [1.54, 1.807) is 12.1 Å². The lowest BCUT2D eigenvalue weighted by molar-refractivity contribution is -0.114. The summed E-state index contributed by atoms with van der Waals surface area (Å²) in [5, 5.41) is 12.6. The van der Waals surface area contributed by atoms with Crippen LogP contribution in [0.15, 0.2) is 39.9 Å². The average Bonchev–Trinajstić information content (AvgIpc) is 2.88. The standard InChI is InChI=1S/C13H12N2O5S2/c1-8(16)14-10-3-2-4-11(6-10)15-22(19,20)12-5-9(7-21-12)13(17)18/h2-7,15H,1H3,(H,14,16)(H,17,18). The number of nitrogens with one attached hydrogen (secondary N) is 2. The van der Waals surface area contributed by atoms with Crippen LogP contribution in [0.3, 0.4) is 0 Å². The number of carboxylic acids is 1. The topological polar surface area (TPSA) is 113 Å². The van der Waals surface area contributed by atoms with Gasteiger partial charge in [0, 0.05) is 18.0 Å². The molecule has 0 spiro atoms. The van der Waals surface area contributed by atoms with E-state index in [1.807, 2.05) is 0 Å². The molecule has 0 bridgehead atoms. The molecule has 9 heteroatoms. The predicted molar refractivity (Wildman–Crippen MR) is 82.8 cm³/mol. The predicted octanol–water partition coefficient (Wildman–Crippen LogP) is 2.21. The van der Waals surface area contributed by atoms with E-state index in [0.717, 1.165) is 17.4 Å². The number of anilines is 2. The number of carboxylic acid groups (broad SMARTS) is 1. The number of amides is 1. The Morgan fingerprint density at radius 1 is 1.18 bits per heavy atom. The van der Waals surface area contributed by atoms with E-state index in [1.165, 1.54) is 24.4 Å². The van der Waals surface area contributed by atoms with Gasteiger partial charge in [-0.05, 0) is 24.3 Å². The van der Waals surface area contributed by atoms with Crippen molar-refractivity contribution in [3.05, 3.63) is 41.3 Å². The van der Waals surface area contributed by atoms with Crippen LogP contribution < -0.4 is 10.0 Å². The van der Waals surface area contributed by atoms with Gasteiger partial charge in [0.15, 0.2) is 0 Å². The third-order valence-corrected chi connectivity index (χ3v) is 5.34. The summed E-state index contributed by atoms with van der Waals surface area (Å²) in [6, 6.07) is 7.28. The van der Waals surface area contributed by atoms with E-state index in [-0.39, 0.29) is 21.4 Å². The van der Waals surface area contributed by atoms with Gasteiger partial charge in [0.25, 0.3) is 10.0 Å². The first kappa shape index (κ1) is 16.0. The molecule has 1 aromatic heterocycles. The van der Waals surface area contributed by atoms with Crippen molar-refractivity contribution in [2.45, 2.75) is 11.1 Å². The molecule has 1 amide bonds. The molecule has 0 fully saturated rings. The molecule has 0 aliphatic carbocycles. The summed E-state index contributed by atoms with van der Waals surface area (Å²) >= 11 is 0.818. The number of hydrogen-bond donors (Lipinski definition) is 3. The molecule has 0 saturated heterocycles. The molecule has 0 saturated carbocycles. The van der Waals surface area contributed by atoms with Crippen LogP contribution in [-0.2, 0) is 14.8 Å². The molecule has 1 aromatic carbocycles. The quantitative estimate of drug-likeness (QED) is 0.772. The van der Waals surface area contributed by atoms with Gasteiger partial charge in [0.1, 0.15) is 4.21 Å². The van der Waals surface area contributed by atoms with E-state index < -0.39 is 16.0 Å². The molecule has 3 N–H and O–H groups in total. The zero-order valence-electron chi connectivity index (χ0n) is 11.4. The van der Waals surface area contributed by atoms with Crippen molar-refractivity contribution in [1.82, 2.24) is 0 Å². The van der Waals surface area contributed by atoms with Crippen LogP contribution in [0.25, 0.3) is 0 Å². The Morgan fingerprint density at radius 3 is 2.45 bits per heavy atom. The van der Waals surface area contributed by atoms with E-state index in [0.29, 0.717) is 5.69 Å². The molecule has 2 rings (SSSR count). The third kappa shape index (κ3) is 3.83. The monoisotopic (exact) mass is 340 g/mol. The largest absolute Gasteiger partial charge is 0.478 e. The summed E-state index contributed by atoms with van der Waals surface area (Å²) < 4.78 is 26.6. The van der Waals surface area contributed by atoms with E-state index in [4.69, 9.17) is 5.11 Å². The van der Waals surface area contributed by atoms with Crippen LogP contribution in [0.2, 0.25) is 0 Å². The molecular formula is C13H12N2O5S2.